The van der Waals surface area contributed by atoms with E-state index in [9.17, 15) is 5.11 Å². The Bertz CT molecular complexity index is 1240. The van der Waals surface area contributed by atoms with Crippen LogP contribution < -0.4 is 20.7 Å². The highest BCUT2D eigenvalue weighted by molar-refractivity contribution is 5.97. The molecule has 2 fully saturated rings. The number of morpholine rings is 1. The van der Waals surface area contributed by atoms with Crippen LogP contribution in [0.2, 0.25) is 0 Å². The van der Waals surface area contributed by atoms with Crippen LogP contribution >= 0.6 is 0 Å². The van der Waals surface area contributed by atoms with Crippen LogP contribution in [-0.4, -0.2) is 64.6 Å². The maximum atomic E-state index is 9.98. The molecule has 0 spiro atoms. The van der Waals surface area contributed by atoms with Crippen LogP contribution in [0.15, 0.2) is 24.4 Å². The van der Waals surface area contributed by atoms with Crippen LogP contribution in [0, 0.1) is 0 Å². The van der Waals surface area contributed by atoms with E-state index < -0.39 is 0 Å². The molecule has 0 amide bonds. The second kappa shape index (κ2) is 10.1. The molecule has 0 radical (unpaired) electrons. The van der Waals surface area contributed by atoms with E-state index in [4.69, 9.17) is 25.2 Å². The lowest BCUT2D eigenvalue weighted by Crippen LogP contribution is -2.45. The van der Waals surface area contributed by atoms with Gasteiger partial charge in [-0.25, -0.2) is 15.0 Å². The number of hydrogen-bond acceptors (Lipinski definition) is 9. The van der Waals surface area contributed by atoms with Gasteiger partial charge in [-0.05, 0) is 57.2 Å². The summed E-state index contributed by atoms with van der Waals surface area (Å²) in [6.45, 7) is 7.85. The lowest BCUT2D eigenvalue weighted by molar-refractivity contribution is -0.00532. The first-order valence-corrected chi connectivity index (χ1v) is 12.8. The smallest absolute Gasteiger partial charge is 0.151 e. The molecule has 3 heterocycles. The van der Waals surface area contributed by atoms with Gasteiger partial charge in [0.25, 0.3) is 0 Å². The van der Waals surface area contributed by atoms with Gasteiger partial charge in [0.1, 0.15) is 22.6 Å². The molecular weight excluding hydrogens is 456 g/mol. The van der Waals surface area contributed by atoms with Crippen molar-refractivity contribution in [2.75, 3.05) is 36.1 Å². The highest BCUT2D eigenvalue weighted by Crippen LogP contribution is 2.37. The fraction of sp³-hybridized carbons (Fsp3) is 0.519. The van der Waals surface area contributed by atoms with Crippen molar-refractivity contribution in [3.05, 3.63) is 30.1 Å². The minimum atomic E-state index is -0.264. The SMILES string of the molecule is CCc1nc2c(N)ncc(-c3ccc(N4C[C@H](C)O[C@@H](C)C4)c(OC)c3)c2nc1N[C@@H]1CC[C@H](O)C1. The van der Waals surface area contributed by atoms with Gasteiger partial charge in [-0.15, -0.1) is 0 Å². The zero-order valence-corrected chi connectivity index (χ0v) is 21.5. The van der Waals surface area contributed by atoms with E-state index in [1.54, 1.807) is 13.3 Å². The van der Waals surface area contributed by atoms with Crippen LogP contribution in [0.1, 0.15) is 45.7 Å². The minimum absolute atomic E-state index is 0.151. The molecule has 1 saturated carbocycles. The van der Waals surface area contributed by atoms with Crippen LogP contribution in [-0.2, 0) is 11.2 Å². The normalized spacial score (nSPS) is 24.3. The number of aromatic nitrogens is 3. The second-order valence-electron chi connectivity index (χ2n) is 9.98. The number of hydrogen-bond donors (Lipinski definition) is 3. The number of nitrogens with zero attached hydrogens (tertiary/aromatic N) is 4. The van der Waals surface area contributed by atoms with Crippen LogP contribution in [0.5, 0.6) is 5.75 Å². The van der Waals surface area contributed by atoms with Gasteiger partial charge in [-0.3, -0.25) is 0 Å². The summed E-state index contributed by atoms with van der Waals surface area (Å²) < 4.78 is 11.7. The van der Waals surface area contributed by atoms with Gasteiger partial charge in [0.05, 0.1) is 36.8 Å². The van der Waals surface area contributed by atoms with E-state index in [1.807, 2.05) is 6.07 Å². The van der Waals surface area contributed by atoms with Crippen molar-refractivity contribution >= 4 is 28.4 Å². The Morgan fingerprint density at radius 2 is 1.94 bits per heavy atom. The van der Waals surface area contributed by atoms with Gasteiger partial charge >= 0.3 is 0 Å². The summed E-state index contributed by atoms with van der Waals surface area (Å²) in [5.41, 5.74) is 11.2. The molecule has 4 N–H and O–H groups in total. The zero-order valence-electron chi connectivity index (χ0n) is 21.5. The first kappa shape index (κ1) is 24.5. The Labute approximate surface area is 212 Å². The molecule has 2 aliphatic rings. The van der Waals surface area contributed by atoms with Crippen molar-refractivity contribution in [2.24, 2.45) is 0 Å². The summed E-state index contributed by atoms with van der Waals surface area (Å²) in [7, 11) is 1.70. The van der Waals surface area contributed by atoms with E-state index in [0.29, 0.717) is 29.7 Å². The minimum Gasteiger partial charge on any atom is -0.495 e. The Morgan fingerprint density at radius 3 is 2.61 bits per heavy atom. The molecule has 1 aliphatic carbocycles. The number of fused-ring (bicyclic) bond motifs is 1. The molecule has 2 aromatic heterocycles. The molecule has 9 heteroatoms. The standard InChI is InChI=1S/C27H36N6O3/c1-5-21-27(30-18-7-8-19(34)11-18)32-24-20(12-29-26(28)25(24)31-21)17-6-9-22(23(10-17)35-4)33-13-15(2)36-16(3)14-33/h6,9-10,12,15-16,18-19,34H,5,7-8,11,13-14H2,1-4H3,(H2,28,29)(H,30,32)/t15-,16-,18+,19-/m0/s1. The lowest BCUT2D eigenvalue weighted by atomic mass is 10.0. The summed E-state index contributed by atoms with van der Waals surface area (Å²) in [6.07, 6.45) is 4.93. The van der Waals surface area contributed by atoms with Crippen molar-refractivity contribution in [1.82, 2.24) is 15.0 Å². The monoisotopic (exact) mass is 492 g/mol. The molecule has 3 aromatic rings. The van der Waals surface area contributed by atoms with Gasteiger partial charge in [-0.1, -0.05) is 13.0 Å². The predicted molar refractivity (Wildman–Crippen MR) is 143 cm³/mol. The number of rotatable bonds is 6. The Balaban J connectivity index is 1.56. The number of methoxy groups -OCH3 is 1. The fourth-order valence-electron chi connectivity index (χ4n) is 5.43. The summed E-state index contributed by atoms with van der Waals surface area (Å²) in [5, 5.41) is 13.5. The van der Waals surface area contributed by atoms with Crippen molar-refractivity contribution in [3.63, 3.8) is 0 Å². The number of aliphatic hydroxyl groups excluding tert-OH is 1. The molecule has 9 nitrogen and oxygen atoms in total. The van der Waals surface area contributed by atoms with Gasteiger partial charge in [0.2, 0.25) is 0 Å². The van der Waals surface area contributed by atoms with Crippen molar-refractivity contribution in [3.8, 4) is 16.9 Å². The van der Waals surface area contributed by atoms with E-state index in [0.717, 1.165) is 60.0 Å². The van der Waals surface area contributed by atoms with Gasteiger partial charge in [-0.2, -0.15) is 0 Å². The summed E-state index contributed by atoms with van der Waals surface area (Å²) in [4.78, 5) is 16.6. The van der Waals surface area contributed by atoms with Crippen molar-refractivity contribution in [1.29, 1.82) is 0 Å². The Kier molecular flexibility index (Phi) is 6.85. The van der Waals surface area contributed by atoms with E-state index >= 15 is 0 Å². The van der Waals surface area contributed by atoms with Crippen molar-refractivity contribution in [2.45, 2.75) is 70.8 Å². The molecule has 1 aliphatic heterocycles. The largest absolute Gasteiger partial charge is 0.495 e. The molecule has 1 aromatic carbocycles. The molecule has 5 rings (SSSR count). The van der Waals surface area contributed by atoms with Gasteiger partial charge in [0.15, 0.2) is 5.82 Å². The first-order chi connectivity index (χ1) is 17.4. The number of benzene rings is 1. The van der Waals surface area contributed by atoms with Gasteiger partial charge < -0.3 is 30.5 Å². The summed E-state index contributed by atoms with van der Waals surface area (Å²) in [5.74, 6) is 1.89. The number of aliphatic hydroxyl groups is 1. The highest BCUT2D eigenvalue weighted by Gasteiger charge is 2.26. The number of nitrogen functional groups attached to an aromatic ring is 1. The number of nitrogens with one attached hydrogen (secondary N) is 1. The third-order valence-corrected chi connectivity index (χ3v) is 7.13. The average Bonchev–Trinajstić information content (AvgIpc) is 3.27. The Hall–Kier alpha value is -3.17. The number of nitrogens with two attached hydrogens (primary N) is 1. The molecule has 36 heavy (non-hydrogen) atoms. The molecule has 0 unspecified atom stereocenters. The molecule has 1 saturated heterocycles. The van der Waals surface area contributed by atoms with E-state index in [2.05, 4.69) is 48.1 Å². The first-order valence-electron chi connectivity index (χ1n) is 12.8. The zero-order chi connectivity index (χ0) is 25.4. The van der Waals surface area contributed by atoms with Crippen LogP contribution in [0.25, 0.3) is 22.2 Å². The van der Waals surface area contributed by atoms with E-state index in [1.165, 1.54) is 0 Å². The number of ether oxygens (including phenoxy) is 2. The number of anilines is 3. The number of pyridine rings is 1. The van der Waals surface area contributed by atoms with E-state index in [-0.39, 0.29) is 24.4 Å². The van der Waals surface area contributed by atoms with Crippen molar-refractivity contribution < 1.29 is 14.6 Å². The quantitative estimate of drug-likeness (QED) is 0.472. The lowest BCUT2D eigenvalue weighted by Gasteiger charge is -2.37. The predicted octanol–water partition coefficient (Wildman–Crippen LogP) is 3.78. The number of aryl methyl sites for hydroxylation is 1. The third-order valence-electron chi connectivity index (χ3n) is 7.13. The topological polar surface area (TPSA) is 119 Å². The maximum absolute atomic E-state index is 9.98. The van der Waals surface area contributed by atoms with Crippen LogP contribution in [0.4, 0.5) is 17.3 Å². The summed E-state index contributed by atoms with van der Waals surface area (Å²) in [6, 6.07) is 6.37. The summed E-state index contributed by atoms with van der Waals surface area (Å²) >= 11 is 0. The highest BCUT2D eigenvalue weighted by atomic mass is 16.5. The molecule has 192 valence electrons. The molecule has 0 bridgehead atoms. The Morgan fingerprint density at radius 1 is 1.17 bits per heavy atom. The average molecular weight is 493 g/mol. The van der Waals surface area contributed by atoms with Crippen LogP contribution in [0.3, 0.4) is 0 Å². The third kappa shape index (κ3) is 4.77. The fourth-order valence-corrected chi connectivity index (χ4v) is 5.43. The molecule has 4 atom stereocenters. The molecular formula is C27H36N6O3. The second-order valence-corrected chi connectivity index (χ2v) is 9.98. The van der Waals surface area contributed by atoms with Gasteiger partial charge in [0, 0.05) is 30.9 Å². The maximum Gasteiger partial charge on any atom is 0.151 e.